The molecule has 2 aromatic carbocycles. The summed E-state index contributed by atoms with van der Waals surface area (Å²) in [5, 5.41) is 5.13. The van der Waals surface area contributed by atoms with Gasteiger partial charge in [0.15, 0.2) is 0 Å². The van der Waals surface area contributed by atoms with Crippen molar-refractivity contribution in [1.29, 1.82) is 0 Å². The van der Waals surface area contributed by atoms with Crippen LogP contribution >= 0.6 is 11.8 Å². The Balaban J connectivity index is 1.74. The van der Waals surface area contributed by atoms with E-state index in [1.54, 1.807) is 20.7 Å². The summed E-state index contributed by atoms with van der Waals surface area (Å²) >= 11 is 1.81. The number of esters is 1. The van der Waals surface area contributed by atoms with Gasteiger partial charge in [0, 0.05) is 42.6 Å². The van der Waals surface area contributed by atoms with Gasteiger partial charge in [-0.15, -0.1) is 0 Å². The molecule has 1 saturated heterocycles. The highest BCUT2D eigenvalue weighted by atomic mass is 32.2. The second-order valence-corrected chi connectivity index (χ2v) is 8.47. The van der Waals surface area contributed by atoms with E-state index in [2.05, 4.69) is 9.84 Å². The van der Waals surface area contributed by atoms with Crippen LogP contribution in [0.5, 0.6) is 0 Å². The lowest BCUT2D eigenvalue weighted by atomic mass is 10.1. The second-order valence-electron chi connectivity index (χ2n) is 7.24. The zero-order valence-electron chi connectivity index (χ0n) is 17.4. The summed E-state index contributed by atoms with van der Waals surface area (Å²) in [6.45, 7) is 1.32. The summed E-state index contributed by atoms with van der Waals surface area (Å²) in [6.07, 6.45) is 1.72. The molecule has 1 aromatic heterocycles. The Bertz CT molecular complexity index is 1130. The summed E-state index contributed by atoms with van der Waals surface area (Å²) in [6, 6.07) is 9.65. The number of aromatic nitrogens is 2. The van der Waals surface area contributed by atoms with Crippen molar-refractivity contribution in [2.75, 3.05) is 36.6 Å². The monoisotopic (exact) mass is 442 g/mol. The molecule has 0 atom stereocenters. The number of nitrogens with zero attached hydrogens (tertiary/aromatic N) is 4. The smallest absolute Gasteiger partial charge is 0.337 e. The minimum atomic E-state index is -0.607. The molecule has 0 N–H and O–H groups in total. The van der Waals surface area contributed by atoms with Crippen LogP contribution in [0.1, 0.15) is 15.9 Å². The van der Waals surface area contributed by atoms with Crippen LogP contribution in [0.2, 0.25) is 0 Å². The predicted molar refractivity (Wildman–Crippen MR) is 119 cm³/mol. The number of carbonyl (C=O) groups excluding carboxylic acids is 2. The Morgan fingerprint density at radius 2 is 2.00 bits per heavy atom. The fraction of sp³-hybridized carbons (Fsp3) is 0.318. The van der Waals surface area contributed by atoms with Gasteiger partial charge in [-0.3, -0.25) is 9.58 Å². The number of thioether (sulfide) groups is 1. The maximum Gasteiger partial charge on any atom is 0.337 e. The molecule has 0 aliphatic carbocycles. The fourth-order valence-electron chi connectivity index (χ4n) is 3.67. The summed E-state index contributed by atoms with van der Waals surface area (Å²) in [4.78, 5) is 28.6. The lowest BCUT2D eigenvalue weighted by Gasteiger charge is -2.33. The van der Waals surface area contributed by atoms with Crippen molar-refractivity contribution < 1.29 is 18.7 Å². The number of aryl methyl sites for hydroxylation is 1. The average molecular weight is 443 g/mol. The fourth-order valence-corrected chi connectivity index (χ4v) is 4.57. The second kappa shape index (κ2) is 8.97. The molecule has 2 heterocycles. The van der Waals surface area contributed by atoms with Crippen molar-refractivity contribution >= 4 is 40.4 Å². The average Bonchev–Trinajstić information content (AvgIpc) is 3.19. The number of hydrogen-bond donors (Lipinski definition) is 0. The Morgan fingerprint density at radius 1 is 1.23 bits per heavy atom. The molecule has 1 aliphatic rings. The number of methoxy groups -OCH3 is 1. The molecule has 1 fully saturated rings. The highest BCUT2D eigenvalue weighted by Gasteiger charge is 2.27. The minimum absolute atomic E-state index is 0.0315. The maximum absolute atomic E-state index is 14.9. The molecule has 9 heteroatoms. The third-order valence-corrected chi connectivity index (χ3v) is 6.32. The van der Waals surface area contributed by atoms with E-state index in [0.717, 1.165) is 28.5 Å². The van der Waals surface area contributed by atoms with Crippen LogP contribution in [0.15, 0.2) is 42.6 Å². The zero-order valence-corrected chi connectivity index (χ0v) is 18.2. The van der Waals surface area contributed by atoms with Crippen LogP contribution in [-0.4, -0.2) is 58.4 Å². The van der Waals surface area contributed by atoms with Crippen LogP contribution in [0.3, 0.4) is 0 Å². The molecule has 4 rings (SSSR count). The van der Waals surface area contributed by atoms with Crippen LogP contribution in [0, 0.1) is 5.82 Å². The van der Waals surface area contributed by atoms with Crippen LogP contribution in [0.4, 0.5) is 14.9 Å². The number of fused-ring (bicyclic) bond motifs is 1. The lowest BCUT2D eigenvalue weighted by molar-refractivity contribution is 0.0600. The first-order valence-corrected chi connectivity index (χ1v) is 11.1. The molecule has 162 valence electrons. The molecule has 7 nitrogen and oxygen atoms in total. The molecule has 0 unspecified atom stereocenters. The standard InChI is InChI=1S/C22H23FN4O3S/c1-25-19-4-3-5-20(17(19)13-24-25)27(22(29)26-8-10-31-11-9-26)14-16-7-6-15(12-18(16)23)21(28)30-2/h3-7,12-13H,8-11,14H2,1-2H3. The Kier molecular flexibility index (Phi) is 6.13. The molecule has 31 heavy (non-hydrogen) atoms. The van der Waals surface area contributed by atoms with E-state index < -0.39 is 11.8 Å². The van der Waals surface area contributed by atoms with Crippen LogP contribution < -0.4 is 4.90 Å². The number of carbonyl (C=O) groups is 2. The van der Waals surface area contributed by atoms with Gasteiger partial charge in [0.25, 0.3) is 0 Å². The molecule has 2 amide bonds. The summed E-state index contributed by atoms with van der Waals surface area (Å²) < 4.78 is 21.3. The Labute approximate surface area is 183 Å². The van der Waals surface area contributed by atoms with Crippen LogP contribution in [0.25, 0.3) is 10.9 Å². The van der Waals surface area contributed by atoms with Gasteiger partial charge in [-0.1, -0.05) is 12.1 Å². The quantitative estimate of drug-likeness (QED) is 0.577. The Morgan fingerprint density at radius 3 is 2.71 bits per heavy atom. The molecule has 0 saturated carbocycles. The van der Waals surface area contributed by atoms with Crippen molar-refractivity contribution in [3.63, 3.8) is 0 Å². The molecule has 0 radical (unpaired) electrons. The number of benzene rings is 2. The van der Waals surface area contributed by atoms with Crippen LogP contribution in [-0.2, 0) is 18.3 Å². The van der Waals surface area contributed by atoms with Gasteiger partial charge in [-0.2, -0.15) is 16.9 Å². The first-order chi connectivity index (χ1) is 15.0. The molecule has 0 bridgehead atoms. The largest absolute Gasteiger partial charge is 0.465 e. The van der Waals surface area contributed by atoms with E-state index in [1.165, 1.54) is 19.2 Å². The highest BCUT2D eigenvalue weighted by molar-refractivity contribution is 7.99. The molecule has 1 aliphatic heterocycles. The number of urea groups is 1. The van der Waals surface area contributed by atoms with Crippen molar-refractivity contribution in [2.24, 2.45) is 7.05 Å². The normalized spacial score (nSPS) is 14.0. The van der Waals surface area contributed by atoms with Crippen molar-refractivity contribution in [3.8, 4) is 0 Å². The summed E-state index contributed by atoms with van der Waals surface area (Å²) in [7, 11) is 3.09. The predicted octanol–water partition coefficient (Wildman–Crippen LogP) is 3.67. The van der Waals surface area contributed by atoms with E-state index in [-0.39, 0.29) is 18.1 Å². The summed E-state index contributed by atoms with van der Waals surface area (Å²) in [5.74, 6) is 0.579. The van der Waals surface area contributed by atoms with E-state index in [0.29, 0.717) is 24.3 Å². The number of halogens is 1. The maximum atomic E-state index is 14.9. The zero-order chi connectivity index (χ0) is 22.0. The number of hydrogen-bond acceptors (Lipinski definition) is 5. The number of anilines is 1. The van der Waals surface area contributed by atoms with Gasteiger partial charge in [-0.25, -0.2) is 14.0 Å². The topological polar surface area (TPSA) is 67.7 Å². The molecular formula is C22H23FN4O3S. The van der Waals surface area contributed by atoms with Gasteiger partial charge in [0.2, 0.25) is 0 Å². The van der Waals surface area contributed by atoms with E-state index >= 15 is 0 Å². The van der Waals surface area contributed by atoms with Gasteiger partial charge in [0.1, 0.15) is 5.82 Å². The summed E-state index contributed by atoms with van der Waals surface area (Å²) in [5.41, 5.74) is 1.99. The molecular weight excluding hydrogens is 419 g/mol. The number of rotatable bonds is 4. The minimum Gasteiger partial charge on any atom is -0.465 e. The van der Waals surface area contributed by atoms with Crippen molar-refractivity contribution in [1.82, 2.24) is 14.7 Å². The first kappa shape index (κ1) is 21.2. The Hall–Kier alpha value is -3.07. The number of amides is 2. The molecule has 3 aromatic rings. The molecule has 0 spiro atoms. The van der Waals surface area contributed by atoms with E-state index in [9.17, 15) is 14.0 Å². The van der Waals surface area contributed by atoms with E-state index in [4.69, 9.17) is 0 Å². The van der Waals surface area contributed by atoms with Gasteiger partial charge in [-0.05, 0) is 24.3 Å². The van der Waals surface area contributed by atoms with Gasteiger partial charge >= 0.3 is 12.0 Å². The van der Waals surface area contributed by atoms with E-state index in [1.807, 2.05) is 37.0 Å². The number of ether oxygens (including phenoxy) is 1. The highest BCUT2D eigenvalue weighted by Crippen LogP contribution is 2.30. The SMILES string of the molecule is COC(=O)c1ccc(CN(C(=O)N2CCSCC2)c2cccc3c2cnn3C)c(F)c1. The first-order valence-electron chi connectivity index (χ1n) is 9.91. The third-order valence-electron chi connectivity index (χ3n) is 5.37. The lowest BCUT2D eigenvalue weighted by Crippen LogP contribution is -2.46. The van der Waals surface area contributed by atoms with Gasteiger partial charge < -0.3 is 9.64 Å². The van der Waals surface area contributed by atoms with Crippen molar-refractivity contribution in [2.45, 2.75) is 6.54 Å². The van der Waals surface area contributed by atoms with Gasteiger partial charge in [0.05, 0.1) is 36.6 Å². The van der Waals surface area contributed by atoms with Crippen molar-refractivity contribution in [3.05, 3.63) is 59.5 Å². The third kappa shape index (κ3) is 4.23.